The summed E-state index contributed by atoms with van der Waals surface area (Å²) in [6.45, 7) is 13.8. The molecule has 0 amide bonds. The monoisotopic (exact) mass is 226 g/mol. The molecule has 0 aliphatic carbocycles. The van der Waals surface area contributed by atoms with Gasteiger partial charge in [0.15, 0.2) is 0 Å². The summed E-state index contributed by atoms with van der Waals surface area (Å²) in [5, 5.41) is 0. The zero-order chi connectivity index (χ0) is 12.3. The molecule has 0 spiro atoms. The average Bonchev–Trinajstić information content (AvgIpc) is 2.25. The van der Waals surface area contributed by atoms with Crippen LogP contribution in [0.3, 0.4) is 0 Å². The van der Waals surface area contributed by atoms with Crippen LogP contribution < -0.4 is 5.73 Å². The van der Waals surface area contributed by atoms with Crippen LogP contribution in [-0.2, 0) is 0 Å². The zero-order valence-electron chi connectivity index (χ0n) is 11.7. The first kappa shape index (κ1) is 14.0. The van der Waals surface area contributed by atoms with E-state index in [0.717, 1.165) is 18.4 Å². The van der Waals surface area contributed by atoms with Gasteiger partial charge in [0.1, 0.15) is 0 Å². The van der Waals surface area contributed by atoms with E-state index in [1.54, 1.807) is 0 Å². The number of likely N-dealkylation sites (tertiary alicyclic amines) is 1. The number of hydrogen-bond acceptors (Lipinski definition) is 2. The van der Waals surface area contributed by atoms with Gasteiger partial charge in [-0.1, -0.05) is 34.1 Å². The molecule has 0 bridgehead atoms. The Labute approximate surface area is 102 Å². The van der Waals surface area contributed by atoms with Crippen LogP contribution in [0.4, 0.5) is 0 Å². The van der Waals surface area contributed by atoms with Crippen molar-refractivity contribution >= 4 is 0 Å². The largest absolute Gasteiger partial charge is 0.329 e. The highest BCUT2D eigenvalue weighted by atomic mass is 15.2. The minimum Gasteiger partial charge on any atom is -0.329 e. The van der Waals surface area contributed by atoms with Gasteiger partial charge in [-0.3, -0.25) is 4.90 Å². The number of hydrogen-bond donors (Lipinski definition) is 1. The summed E-state index contributed by atoms with van der Waals surface area (Å²) in [6.07, 6.45) is 2.60. The molecule has 2 heteroatoms. The first-order chi connectivity index (χ1) is 7.51. The molecule has 0 aromatic rings. The molecule has 1 saturated heterocycles. The van der Waals surface area contributed by atoms with Crippen LogP contribution in [0.2, 0.25) is 0 Å². The fraction of sp³-hybridized carbons (Fsp3) is 1.00. The van der Waals surface area contributed by atoms with Gasteiger partial charge in [-0.2, -0.15) is 0 Å². The maximum Gasteiger partial charge on any atom is 0.0246 e. The molecule has 1 aliphatic heterocycles. The summed E-state index contributed by atoms with van der Waals surface area (Å²) in [7, 11) is 0. The van der Waals surface area contributed by atoms with Crippen molar-refractivity contribution in [2.24, 2.45) is 23.5 Å². The van der Waals surface area contributed by atoms with Crippen LogP contribution in [-0.4, -0.2) is 30.1 Å². The third kappa shape index (κ3) is 2.98. The molecule has 0 aromatic heterocycles. The van der Waals surface area contributed by atoms with Gasteiger partial charge >= 0.3 is 0 Å². The van der Waals surface area contributed by atoms with Crippen LogP contribution in [0.15, 0.2) is 0 Å². The third-order valence-electron chi connectivity index (χ3n) is 4.61. The van der Waals surface area contributed by atoms with Gasteiger partial charge in [-0.25, -0.2) is 0 Å². The van der Waals surface area contributed by atoms with Crippen molar-refractivity contribution in [1.29, 1.82) is 0 Å². The molecular weight excluding hydrogens is 196 g/mol. The van der Waals surface area contributed by atoms with Gasteiger partial charge in [0.2, 0.25) is 0 Å². The van der Waals surface area contributed by atoms with Crippen molar-refractivity contribution < 1.29 is 0 Å². The molecule has 96 valence electrons. The lowest BCUT2D eigenvalue weighted by Gasteiger charge is -2.47. The summed E-state index contributed by atoms with van der Waals surface area (Å²) in [5.74, 6) is 2.34. The normalized spacial score (nSPS) is 36.0. The molecule has 5 atom stereocenters. The van der Waals surface area contributed by atoms with E-state index < -0.39 is 0 Å². The van der Waals surface area contributed by atoms with Crippen LogP contribution in [0, 0.1) is 17.8 Å². The Kier molecular flexibility index (Phi) is 5.26. The Hall–Kier alpha value is -0.0800. The highest BCUT2D eigenvalue weighted by Crippen LogP contribution is 2.30. The Morgan fingerprint density at radius 2 is 1.94 bits per heavy atom. The van der Waals surface area contributed by atoms with Gasteiger partial charge in [-0.05, 0) is 31.1 Å². The van der Waals surface area contributed by atoms with Crippen molar-refractivity contribution in [2.75, 3.05) is 13.1 Å². The molecule has 5 unspecified atom stereocenters. The van der Waals surface area contributed by atoms with E-state index in [1.165, 1.54) is 19.4 Å². The maximum atomic E-state index is 5.99. The summed E-state index contributed by atoms with van der Waals surface area (Å²) < 4.78 is 0. The lowest BCUT2D eigenvalue weighted by Crippen LogP contribution is -2.55. The SMILES string of the molecule is CCC(C)C(CN)N1CC(C)CC(C)C1C. The highest BCUT2D eigenvalue weighted by molar-refractivity contribution is 4.88. The molecule has 2 N–H and O–H groups in total. The van der Waals surface area contributed by atoms with Crippen molar-refractivity contribution in [3.8, 4) is 0 Å². The average molecular weight is 226 g/mol. The van der Waals surface area contributed by atoms with Crippen molar-refractivity contribution in [1.82, 2.24) is 4.90 Å². The Bertz CT molecular complexity index is 205. The predicted molar refractivity (Wildman–Crippen MR) is 71.4 cm³/mol. The number of rotatable bonds is 4. The van der Waals surface area contributed by atoms with E-state index in [9.17, 15) is 0 Å². The fourth-order valence-corrected chi connectivity index (χ4v) is 3.16. The van der Waals surface area contributed by atoms with Gasteiger partial charge < -0.3 is 5.73 Å². The number of piperidine rings is 1. The minimum absolute atomic E-state index is 0.574. The van der Waals surface area contributed by atoms with Crippen LogP contribution in [0.5, 0.6) is 0 Å². The Balaban J connectivity index is 2.74. The smallest absolute Gasteiger partial charge is 0.0246 e. The Morgan fingerprint density at radius 3 is 2.44 bits per heavy atom. The Morgan fingerprint density at radius 1 is 1.31 bits per heavy atom. The van der Waals surface area contributed by atoms with E-state index >= 15 is 0 Å². The molecular formula is C14H30N2. The molecule has 0 saturated carbocycles. The van der Waals surface area contributed by atoms with Gasteiger partial charge in [0.05, 0.1) is 0 Å². The highest BCUT2D eigenvalue weighted by Gasteiger charge is 2.34. The minimum atomic E-state index is 0.574. The van der Waals surface area contributed by atoms with E-state index in [-0.39, 0.29) is 0 Å². The lowest BCUT2D eigenvalue weighted by molar-refractivity contribution is 0.0222. The van der Waals surface area contributed by atoms with Crippen molar-refractivity contribution in [3.63, 3.8) is 0 Å². The number of nitrogens with two attached hydrogens (primary N) is 1. The van der Waals surface area contributed by atoms with E-state index in [0.29, 0.717) is 18.0 Å². The second kappa shape index (κ2) is 6.02. The van der Waals surface area contributed by atoms with Crippen LogP contribution in [0.25, 0.3) is 0 Å². The van der Waals surface area contributed by atoms with E-state index in [4.69, 9.17) is 5.73 Å². The molecule has 1 heterocycles. The summed E-state index contributed by atoms with van der Waals surface area (Å²) in [4.78, 5) is 2.67. The molecule has 2 nitrogen and oxygen atoms in total. The molecule has 1 aliphatic rings. The molecule has 0 aromatic carbocycles. The van der Waals surface area contributed by atoms with E-state index in [2.05, 4.69) is 39.5 Å². The zero-order valence-corrected chi connectivity index (χ0v) is 11.7. The van der Waals surface area contributed by atoms with Crippen molar-refractivity contribution in [3.05, 3.63) is 0 Å². The second-order valence-electron chi connectivity index (χ2n) is 5.94. The standard InChI is InChI=1S/C14H30N2/c1-6-11(3)14(8-15)16-9-10(2)7-12(4)13(16)5/h10-14H,6-9,15H2,1-5H3. The third-order valence-corrected chi connectivity index (χ3v) is 4.61. The summed E-state index contributed by atoms with van der Waals surface area (Å²) in [5.41, 5.74) is 5.99. The summed E-state index contributed by atoms with van der Waals surface area (Å²) in [6, 6.07) is 1.27. The second-order valence-corrected chi connectivity index (χ2v) is 5.94. The lowest BCUT2D eigenvalue weighted by atomic mass is 9.83. The first-order valence-electron chi connectivity index (χ1n) is 6.97. The predicted octanol–water partition coefficient (Wildman–Crippen LogP) is 2.73. The number of nitrogens with zero attached hydrogens (tertiary/aromatic N) is 1. The van der Waals surface area contributed by atoms with Crippen LogP contribution in [0.1, 0.15) is 47.5 Å². The molecule has 16 heavy (non-hydrogen) atoms. The maximum absolute atomic E-state index is 5.99. The topological polar surface area (TPSA) is 29.3 Å². The van der Waals surface area contributed by atoms with E-state index in [1.807, 2.05) is 0 Å². The molecule has 0 radical (unpaired) electrons. The molecule has 1 fully saturated rings. The quantitative estimate of drug-likeness (QED) is 0.798. The van der Waals surface area contributed by atoms with Gasteiger partial charge in [0, 0.05) is 25.2 Å². The van der Waals surface area contributed by atoms with Gasteiger partial charge in [-0.15, -0.1) is 0 Å². The summed E-state index contributed by atoms with van der Waals surface area (Å²) >= 11 is 0. The van der Waals surface area contributed by atoms with Gasteiger partial charge in [0.25, 0.3) is 0 Å². The molecule has 1 rings (SSSR count). The first-order valence-corrected chi connectivity index (χ1v) is 6.97. The van der Waals surface area contributed by atoms with Crippen molar-refractivity contribution in [2.45, 2.75) is 59.5 Å². The fourth-order valence-electron chi connectivity index (χ4n) is 3.16. The van der Waals surface area contributed by atoms with Crippen LogP contribution >= 0.6 is 0 Å².